The number of ether oxygens (including phenoxy) is 3. The molecule has 81 heavy (non-hydrogen) atoms. The third-order valence-corrected chi connectivity index (χ3v) is 9.85. The standard InChI is InChI=1S/C21H22FN3O3.C15H17FN2O4.C8H15NO4.C7H6FNO2.C6H7N/c1-13(23-20(27)28-21(2,3)4)18-24-17-11-10-14(22)12-16(17)19(26)25(18)15-8-6-5-7-9-15;1-8(17-14(20)22-15(2,3)4)12-18-11-6-5-9(16)7-10(11)13(19)21-12;1-5(6(10)11)9-7(12)13-8(2,3)4;8-4-1-2-6(9)5(3-4)7(10)11;7-6-4-2-1-3-5-6/h5-13H,1-4H3,(H,23,27);5-8H,1-4H3,(H,17,20);5H,1-4H3,(H,9,12)(H,10,11);1-3H,9H2,(H,10,11);1-5H,7H2/t13-;8-;5-;;/m000../s1. The third kappa shape index (κ3) is 22.8. The highest BCUT2D eigenvalue weighted by Gasteiger charge is 2.25. The summed E-state index contributed by atoms with van der Waals surface area (Å²) in [4.78, 5) is 89.2. The summed E-state index contributed by atoms with van der Waals surface area (Å²) < 4.78 is 60.9. The molecule has 7 aromatic rings. The van der Waals surface area contributed by atoms with Crippen molar-refractivity contribution < 1.29 is 66.0 Å². The molecule has 0 spiro atoms. The second-order valence-corrected chi connectivity index (χ2v) is 20.5. The van der Waals surface area contributed by atoms with E-state index in [2.05, 4.69) is 25.9 Å². The van der Waals surface area contributed by atoms with E-state index in [0.29, 0.717) is 22.5 Å². The van der Waals surface area contributed by atoms with Gasteiger partial charge in [0.2, 0.25) is 5.89 Å². The molecule has 434 valence electrons. The number of carboxylic acids is 2. The van der Waals surface area contributed by atoms with Crippen LogP contribution in [-0.4, -0.2) is 77.8 Å². The number of alkyl carbamates (subject to hydrolysis) is 3. The van der Waals surface area contributed by atoms with Crippen molar-refractivity contribution in [1.82, 2.24) is 30.5 Å². The van der Waals surface area contributed by atoms with E-state index in [1.807, 2.05) is 36.4 Å². The lowest BCUT2D eigenvalue weighted by Gasteiger charge is -2.23. The molecule has 0 fully saturated rings. The van der Waals surface area contributed by atoms with Gasteiger partial charge in [-0.15, -0.1) is 0 Å². The first kappa shape index (κ1) is 65.8. The summed E-state index contributed by atoms with van der Waals surface area (Å²) in [5.41, 5.74) is 9.48. The van der Waals surface area contributed by atoms with Crippen molar-refractivity contribution in [3.8, 4) is 5.69 Å². The fourth-order valence-corrected chi connectivity index (χ4v) is 6.35. The van der Waals surface area contributed by atoms with Crippen molar-refractivity contribution in [2.75, 3.05) is 11.5 Å². The van der Waals surface area contributed by atoms with E-state index in [1.54, 1.807) is 100 Å². The van der Waals surface area contributed by atoms with E-state index in [-0.39, 0.29) is 27.9 Å². The average molecular weight is 1130 g/mol. The molecule has 0 aliphatic carbocycles. The Kier molecular flexibility index (Phi) is 23.5. The molecular formula is C57H67F3N8O13. The number of halogens is 3. The number of nitrogens with two attached hydrogens (primary N) is 2. The lowest BCUT2D eigenvalue weighted by atomic mass is 10.2. The van der Waals surface area contributed by atoms with Gasteiger partial charge in [-0.2, -0.15) is 0 Å². The number of nitrogens with one attached hydrogen (secondary N) is 3. The molecule has 0 unspecified atom stereocenters. The number of carbonyl (C=O) groups excluding carboxylic acids is 3. The van der Waals surface area contributed by atoms with Crippen molar-refractivity contribution in [3.63, 3.8) is 0 Å². The Morgan fingerprint density at radius 1 is 0.580 bits per heavy atom. The number of amides is 3. The largest absolute Gasteiger partial charge is 0.480 e. The highest BCUT2D eigenvalue weighted by atomic mass is 19.1. The van der Waals surface area contributed by atoms with Gasteiger partial charge in [0.05, 0.1) is 39.1 Å². The number of aromatic nitrogens is 3. The van der Waals surface area contributed by atoms with Crippen molar-refractivity contribution in [1.29, 1.82) is 0 Å². The van der Waals surface area contributed by atoms with Gasteiger partial charge >= 0.3 is 35.8 Å². The van der Waals surface area contributed by atoms with Gasteiger partial charge in [-0.1, -0.05) is 36.4 Å². The van der Waals surface area contributed by atoms with Crippen LogP contribution in [0.1, 0.15) is 117 Å². The van der Waals surface area contributed by atoms with E-state index >= 15 is 0 Å². The van der Waals surface area contributed by atoms with Crippen LogP contribution >= 0.6 is 0 Å². The molecule has 7 rings (SSSR count). The van der Waals surface area contributed by atoms with Crippen LogP contribution in [0.4, 0.5) is 38.9 Å². The maximum absolute atomic E-state index is 13.7. The zero-order chi connectivity index (χ0) is 61.2. The molecular weight excluding hydrogens is 1060 g/mol. The normalized spacial score (nSPS) is 12.0. The summed E-state index contributed by atoms with van der Waals surface area (Å²) in [6.07, 6.45) is -1.99. The maximum Gasteiger partial charge on any atom is 0.408 e. The minimum absolute atomic E-state index is 0.0231. The smallest absolute Gasteiger partial charge is 0.408 e. The predicted octanol–water partition coefficient (Wildman–Crippen LogP) is 10.4. The Bertz CT molecular complexity index is 3420. The third-order valence-electron chi connectivity index (χ3n) is 9.85. The number of hydrogen-bond donors (Lipinski definition) is 7. The lowest BCUT2D eigenvalue weighted by Crippen LogP contribution is -2.41. The summed E-state index contributed by atoms with van der Waals surface area (Å²) in [6, 6.07) is 26.9. The number of anilines is 2. The fraction of sp³-hybridized carbons (Fsp3) is 0.316. The number of hydrogen-bond acceptors (Lipinski definition) is 15. The molecule has 21 nitrogen and oxygen atoms in total. The molecule has 0 aliphatic rings. The number of rotatable bonds is 8. The van der Waals surface area contributed by atoms with E-state index < -0.39 is 93.8 Å². The molecule has 24 heteroatoms. The number of aromatic carboxylic acids is 1. The number of nitrogens with zero attached hydrogens (tertiary/aromatic N) is 3. The highest BCUT2D eigenvalue weighted by molar-refractivity contribution is 5.93. The summed E-state index contributed by atoms with van der Waals surface area (Å²) in [5.74, 6) is -3.63. The lowest BCUT2D eigenvalue weighted by molar-refractivity contribution is -0.139. The Balaban J connectivity index is 0.000000287. The molecule has 2 aromatic heterocycles. The van der Waals surface area contributed by atoms with Crippen LogP contribution in [0, 0.1) is 17.5 Å². The number of para-hydroxylation sites is 2. The van der Waals surface area contributed by atoms with E-state index in [9.17, 15) is 46.7 Å². The first-order valence-corrected chi connectivity index (χ1v) is 24.7. The van der Waals surface area contributed by atoms with Crippen LogP contribution in [0.2, 0.25) is 0 Å². The zero-order valence-corrected chi connectivity index (χ0v) is 46.7. The van der Waals surface area contributed by atoms with Crippen LogP contribution in [0.15, 0.2) is 129 Å². The molecule has 3 atom stereocenters. The van der Waals surface area contributed by atoms with Gasteiger partial charge in [0.15, 0.2) is 0 Å². The second kappa shape index (κ2) is 28.9. The van der Waals surface area contributed by atoms with Crippen molar-refractivity contribution in [2.24, 2.45) is 0 Å². The summed E-state index contributed by atoms with van der Waals surface area (Å²) >= 11 is 0. The van der Waals surface area contributed by atoms with Gasteiger partial charge in [-0.25, -0.2) is 47.1 Å². The first-order chi connectivity index (χ1) is 37.5. The van der Waals surface area contributed by atoms with Gasteiger partial charge in [0.25, 0.3) is 5.56 Å². The molecule has 0 bridgehead atoms. The zero-order valence-electron chi connectivity index (χ0n) is 46.7. The van der Waals surface area contributed by atoms with Crippen molar-refractivity contribution >= 4 is 63.4 Å². The van der Waals surface area contributed by atoms with Gasteiger partial charge in [0, 0.05) is 11.4 Å². The molecule has 5 aromatic carbocycles. The van der Waals surface area contributed by atoms with Crippen LogP contribution in [0.3, 0.4) is 0 Å². The summed E-state index contributed by atoms with van der Waals surface area (Å²) in [5, 5.41) is 24.5. The van der Waals surface area contributed by atoms with Gasteiger partial charge < -0.3 is 56.3 Å². The molecule has 0 radical (unpaired) electrons. The Hall–Kier alpha value is -9.48. The van der Waals surface area contributed by atoms with E-state index in [0.717, 1.165) is 23.9 Å². The monoisotopic (exact) mass is 1130 g/mol. The Morgan fingerprint density at radius 3 is 1.46 bits per heavy atom. The minimum Gasteiger partial charge on any atom is -0.480 e. The summed E-state index contributed by atoms with van der Waals surface area (Å²) in [6.45, 7) is 20.3. The van der Waals surface area contributed by atoms with Crippen LogP contribution in [-0.2, 0) is 19.0 Å². The van der Waals surface area contributed by atoms with Gasteiger partial charge in [0.1, 0.15) is 52.2 Å². The SMILES string of the molecule is C[C@H](NC(=O)OC(C)(C)C)C(=O)O.C[C@H](NC(=O)OC(C)(C)C)c1nc2ccc(F)cc2c(=O)n1-c1ccccc1.C[C@H](NC(=O)OC(C)(C)C)c1nc2ccc(F)cc2c(=O)o1.Nc1ccc(F)cc1C(=O)O.Nc1ccccc1. The number of aliphatic carboxylic acids is 1. The van der Waals surface area contributed by atoms with E-state index in [4.69, 9.17) is 40.3 Å². The number of carbonyl (C=O) groups is 5. The number of nitrogen functional groups attached to an aromatic ring is 2. The number of benzene rings is 5. The highest BCUT2D eigenvalue weighted by Crippen LogP contribution is 2.21. The second-order valence-electron chi connectivity index (χ2n) is 20.5. The maximum atomic E-state index is 13.7. The van der Waals surface area contributed by atoms with Gasteiger partial charge in [-0.3, -0.25) is 14.2 Å². The van der Waals surface area contributed by atoms with Gasteiger partial charge in [-0.05, 0) is 162 Å². The molecule has 9 N–H and O–H groups in total. The molecule has 0 saturated heterocycles. The first-order valence-electron chi connectivity index (χ1n) is 24.7. The van der Waals surface area contributed by atoms with E-state index in [1.165, 1.54) is 47.9 Å². The summed E-state index contributed by atoms with van der Waals surface area (Å²) in [7, 11) is 0. The van der Waals surface area contributed by atoms with Crippen molar-refractivity contribution in [2.45, 2.75) is 118 Å². The molecule has 0 saturated carbocycles. The Labute approximate surface area is 464 Å². The van der Waals surface area contributed by atoms with Crippen molar-refractivity contribution in [3.05, 3.63) is 171 Å². The molecule has 3 amide bonds. The quantitative estimate of drug-likeness (QED) is 0.0549. The molecule has 0 aliphatic heterocycles. The molecule has 2 heterocycles. The number of fused-ring (bicyclic) bond motifs is 2. The predicted molar refractivity (Wildman–Crippen MR) is 298 cm³/mol. The average Bonchev–Trinajstić information content (AvgIpc) is 3.35. The van der Waals surface area contributed by atoms with Crippen LogP contribution < -0.4 is 38.6 Å². The fourth-order valence-electron chi connectivity index (χ4n) is 6.35. The Morgan fingerprint density at radius 2 is 1.01 bits per heavy atom. The topological polar surface area (TPSA) is 320 Å². The minimum atomic E-state index is -1.22. The van der Waals surface area contributed by atoms with Crippen LogP contribution in [0.5, 0.6) is 0 Å². The van der Waals surface area contributed by atoms with Crippen LogP contribution in [0.25, 0.3) is 27.5 Å². The number of carboxylic acid groups (broad SMARTS) is 2.